The molecule has 3 N–H and O–H groups in total. The molecule has 0 bridgehead atoms. The molecule has 4 aromatic rings. The van der Waals surface area contributed by atoms with E-state index in [0.717, 1.165) is 35.4 Å². The van der Waals surface area contributed by atoms with Crippen molar-refractivity contribution < 1.29 is 0 Å². The fourth-order valence-corrected chi connectivity index (χ4v) is 5.64. The molecule has 2 atom stereocenters. The van der Waals surface area contributed by atoms with Crippen LogP contribution in [0.25, 0.3) is 33.5 Å². The van der Waals surface area contributed by atoms with Crippen LogP contribution in [-0.4, -0.2) is 23.1 Å². The lowest BCUT2D eigenvalue weighted by atomic mass is 9.81. The molecule has 1 fully saturated rings. The molecule has 1 aliphatic rings. The Morgan fingerprint density at radius 2 is 1.88 bits per heavy atom. The van der Waals surface area contributed by atoms with Crippen molar-refractivity contribution in [1.29, 1.82) is 0 Å². The van der Waals surface area contributed by atoms with Gasteiger partial charge in [0.1, 0.15) is 5.82 Å². The Balaban J connectivity index is 1.36. The number of nitrogens with zero attached hydrogens (tertiary/aromatic N) is 2. The van der Waals surface area contributed by atoms with Crippen molar-refractivity contribution in [3.8, 4) is 10.4 Å². The third-order valence-corrected chi connectivity index (χ3v) is 7.75. The number of hydrogen-bond donors (Lipinski definition) is 2. The summed E-state index contributed by atoms with van der Waals surface area (Å²) in [6.45, 7) is 1.69. The Kier molecular flexibility index (Phi) is 7.24. The standard InChI is InChI=1S/C28H29ClN4S/c29-23-11-12-24-25(16-23)32-27(33-28(24)31-18-21-4-1-3-20(15-21)17-30)13-8-19-6-9-22(10-7-19)26-5-2-14-34-26/h2,5-14,16,20-21H,1,3-4,15,17-18,30H2,(H,31,32,33). The lowest BCUT2D eigenvalue weighted by molar-refractivity contribution is 0.281. The van der Waals surface area contributed by atoms with Crippen LogP contribution in [0.3, 0.4) is 0 Å². The average molecular weight is 489 g/mol. The maximum Gasteiger partial charge on any atom is 0.154 e. The number of thiophene rings is 1. The third kappa shape index (κ3) is 5.49. The summed E-state index contributed by atoms with van der Waals surface area (Å²) >= 11 is 8.02. The number of hydrogen-bond acceptors (Lipinski definition) is 5. The van der Waals surface area contributed by atoms with Gasteiger partial charge < -0.3 is 11.1 Å². The third-order valence-electron chi connectivity index (χ3n) is 6.60. The Labute approximate surface area is 209 Å². The number of benzene rings is 2. The van der Waals surface area contributed by atoms with Gasteiger partial charge in [0.05, 0.1) is 5.52 Å². The monoisotopic (exact) mass is 488 g/mol. The average Bonchev–Trinajstić information content (AvgIpc) is 3.41. The predicted molar refractivity (Wildman–Crippen MR) is 146 cm³/mol. The van der Waals surface area contributed by atoms with Crippen molar-refractivity contribution in [2.24, 2.45) is 17.6 Å². The van der Waals surface area contributed by atoms with Gasteiger partial charge in [0.15, 0.2) is 5.82 Å². The highest BCUT2D eigenvalue weighted by Gasteiger charge is 2.21. The van der Waals surface area contributed by atoms with Crippen molar-refractivity contribution >= 4 is 51.8 Å². The SMILES string of the molecule is NCC1CCCC(CNc2nc(C=Cc3ccc(-c4cccs4)cc3)nc3cc(Cl)ccc23)C1. The van der Waals surface area contributed by atoms with Gasteiger partial charge in [0.2, 0.25) is 0 Å². The van der Waals surface area contributed by atoms with Gasteiger partial charge in [-0.2, -0.15) is 0 Å². The zero-order chi connectivity index (χ0) is 23.3. The van der Waals surface area contributed by atoms with Crippen LogP contribution >= 0.6 is 22.9 Å². The molecule has 174 valence electrons. The quantitative estimate of drug-likeness (QED) is 0.285. The highest BCUT2D eigenvalue weighted by atomic mass is 35.5. The van der Waals surface area contributed by atoms with Gasteiger partial charge in [0, 0.05) is 21.8 Å². The van der Waals surface area contributed by atoms with Gasteiger partial charge in [-0.1, -0.05) is 54.4 Å². The van der Waals surface area contributed by atoms with E-state index in [2.05, 4.69) is 53.2 Å². The van der Waals surface area contributed by atoms with Gasteiger partial charge in [0.25, 0.3) is 0 Å². The maximum atomic E-state index is 6.27. The minimum atomic E-state index is 0.625. The van der Waals surface area contributed by atoms with E-state index in [1.54, 1.807) is 11.3 Å². The molecule has 2 heterocycles. The Hall–Kier alpha value is -2.73. The second kappa shape index (κ2) is 10.7. The van der Waals surface area contributed by atoms with Crippen LogP contribution in [0.2, 0.25) is 5.02 Å². The van der Waals surface area contributed by atoms with E-state index in [-0.39, 0.29) is 0 Å². The second-order valence-corrected chi connectivity index (χ2v) is 10.4. The number of anilines is 1. The molecule has 0 radical (unpaired) electrons. The molecule has 5 rings (SSSR count). The zero-order valence-corrected chi connectivity index (χ0v) is 20.7. The molecular formula is C28H29ClN4S. The number of halogens is 1. The number of rotatable bonds is 7. The molecule has 2 aromatic heterocycles. The number of fused-ring (bicyclic) bond motifs is 1. The van der Waals surface area contributed by atoms with Gasteiger partial charge >= 0.3 is 0 Å². The first-order valence-electron chi connectivity index (χ1n) is 11.9. The molecule has 0 spiro atoms. The van der Waals surface area contributed by atoms with E-state index >= 15 is 0 Å². The summed E-state index contributed by atoms with van der Waals surface area (Å²) in [7, 11) is 0. The predicted octanol–water partition coefficient (Wildman–Crippen LogP) is 7.36. The molecule has 6 heteroatoms. The smallest absolute Gasteiger partial charge is 0.154 e. The van der Waals surface area contributed by atoms with E-state index in [0.29, 0.717) is 22.7 Å². The van der Waals surface area contributed by atoms with Crippen molar-refractivity contribution in [1.82, 2.24) is 9.97 Å². The molecule has 2 aromatic carbocycles. The summed E-state index contributed by atoms with van der Waals surface area (Å²) in [5.41, 5.74) is 9.13. The van der Waals surface area contributed by atoms with Gasteiger partial charge in [-0.3, -0.25) is 0 Å². The van der Waals surface area contributed by atoms with E-state index < -0.39 is 0 Å². The minimum absolute atomic E-state index is 0.625. The lowest BCUT2D eigenvalue weighted by Crippen LogP contribution is -2.26. The Morgan fingerprint density at radius 3 is 2.68 bits per heavy atom. The van der Waals surface area contributed by atoms with Crippen LogP contribution in [0.15, 0.2) is 60.0 Å². The molecule has 0 saturated heterocycles. The summed E-state index contributed by atoms with van der Waals surface area (Å²) in [6.07, 6.45) is 8.97. The second-order valence-electron chi connectivity index (χ2n) is 9.04. The first-order valence-corrected chi connectivity index (χ1v) is 13.2. The fraction of sp³-hybridized carbons (Fsp3) is 0.286. The van der Waals surface area contributed by atoms with E-state index in [9.17, 15) is 0 Å². The van der Waals surface area contributed by atoms with Crippen LogP contribution in [-0.2, 0) is 0 Å². The molecule has 1 saturated carbocycles. The van der Waals surface area contributed by atoms with Crippen molar-refractivity contribution in [2.45, 2.75) is 25.7 Å². The number of aromatic nitrogens is 2. The first-order chi connectivity index (χ1) is 16.7. The molecule has 1 aliphatic carbocycles. The number of nitrogens with one attached hydrogen (secondary N) is 1. The van der Waals surface area contributed by atoms with Crippen LogP contribution in [0.1, 0.15) is 37.1 Å². The van der Waals surface area contributed by atoms with E-state index in [4.69, 9.17) is 27.3 Å². The zero-order valence-electron chi connectivity index (χ0n) is 19.1. The fourth-order valence-electron chi connectivity index (χ4n) is 4.74. The summed E-state index contributed by atoms with van der Waals surface area (Å²) in [6, 6.07) is 18.6. The van der Waals surface area contributed by atoms with Crippen molar-refractivity contribution in [2.75, 3.05) is 18.4 Å². The van der Waals surface area contributed by atoms with Crippen LogP contribution in [0, 0.1) is 11.8 Å². The Bertz CT molecular complexity index is 1270. The molecular weight excluding hydrogens is 460 g/mol. The Morgan fingerprint density at radius 1 is 1.03 bits per heavy atom. The molecule has 0 amide bonds. The summed E-state index contributed by atoms with van der Waals surface area (Å²) in [4.78, 5) is 10.9. The van der Waals surface area contributed by atoms with Crippen molar-refractivity contribution in [3.05, 3.63) is 76.4 Å². The molecule has 0 aliphatic heterocycles. The first kappa shape index (κ1) is 23.0. The van der Waals surface area contributed by atoms with E-state index in [1.807, 2.05) is 24.3 Å². The maximum absolute atomic E-state index is 6.27. The van der Waals surface area contributed by atoms with Gasteiger partial charge in [-0.25, -0.2) is 9.97 Å². The highest BCUT2D eigenvalue weighted by Crippen LogP contribution is 2.30. The summed E-state index contributed by atoms with van der Waals surface area (Å²) < 4.78 is 0. The summed E-state index contributed by atoms with van der Waals surface area (Å²) in [5.74, 6) is 2.80. The van der Waals surface area contributed by atoms with Gasteiger partial charge in [-0.15, -0.1) is 11.3 Å². The summed E-state index contributed by atoms with van der Waals surface area (Å²) in [5, 5.41) is 7.38. The lowest BCUT2D eigenvalue weighted by Gasteiger charge is -2.28. The molecule has 34 heavy (non-hydrogen) atoms. The molecule has 4 nitrogen and oxygen atoms in total. The van der Waals surface area contributed by atoms with Crippen LogP contribution in [0.4, 0.5) is 5.82 Å². The minimum Gasteiger partial charge on any atom is -0.369 e. The highest BCUT2D eigenvalue weighted by molar-refractivity contribution is 7.13. The normalized spacial score (nSPS) is 18.5. The van der Waals surface area contributed by atoms with E-state index in [1.165, 1.54) is 36.1 Å². The largest absolute Gasteiger partial charge is 0.369 e. The topological polar surface area (TPSA) is 63.8 Å². The van der Waals surface area contributed by atoms with Gasteiger partial charge in [-0.05, 0) is 84.5 Å². The molecule has 2 unspecified atom stereocenters. The van der Waals surface area contributed by atoms with Crippen molar-refractivity contribution in [3.63, 3.8) is 0 Å². The van der Waals surface area contributed by atoms with Crippen LogP contribution in [0.5, 0.6) is 0 Å². The van der Waals surface area contributed by atoms with Crippen LogP contribution < -0.4 is 11.1 Å². The number of nitrogens with two attached hydrogens (primary N) is 1.